The van der Waals surface area contributed by atoms with Gasteiger partial charge in [-0.25, -0.2) is 0 Å². The highest BCUT2D eigenvalue weighted by Gasteiger charge is 2.20. The zero-order valence-corrected chi connectivity index (χ0v) is 31.2. The van der Waals surface area contributed by atoms with Crippen LogP contribution >= 0.6 is 0 Å². The van der Waals surface area contributed by atoms with E-state index in [1.807, 2.05) is 0 Å². The third-order valence-corrected chi connectivity index (χ3v) is 11.5. The van der Waals surface area contributed by atoms with E-state index in [-0.39, 0.29) is 0 Å². The molecule has 0 aliphatic heterocycles. The molecule has 11 rings (SSSR count). The van der Waals surface area contributed by atoms with Crippen molar-refractivity contribution in [3.63, 3.8) is 0 Å². The molecule has 0 saturated carbocycles. The summed E-state index contributed by atoms with van der Waals surface area (Å²) < 4.78 is 6.63. The highest BCUT2D eigenvalue weighted by molar-refractivity contribution is 6.23. The predicted molar refractivity (Wildman–Crippen MR) is 241 cm³/mol. The van der Waals surface area contributed by atoms with Crippen LogP contribution in [0.3, 0.4) is 0 Å². The minimum atomic E-state index is 0.883. The fourth-order valence-corrected chi connectivity index (χ4v) is 8.70. The van der Waals surface area contributed by atoms with Crippen LogP contribution in [0.15, 0.2) is 223 Å². The lowest BCUT2D eigenvalue weighted by Crippen LogP contribution is -1.92. The lowest BCUT2D eigenvalue weighted by molar-refractivity contribution is 0.669. The molecule has 10 aromatic carbocycles. The minimum absolute atomic E-state index is 0.883. The van der Waals surface area contributed by atoms with Crippen molar-refractivity contribution in [1.29, 1.82) is 0 Å². The first-order valence-electron chi connectivity index (χ1n) is 19.6. The summed E-state index contributed by atoms with van der Waals surface area (Å²) in [5.41, 5.74) is 16.1. The number of hydrogen-bond acceptors (Lipinski definition) is 1. The molecular formula is C56H36O. The molecule has 0 aliphatic carbocycles. The number of fused-ring (bicyclic) bond motifs is 5. The Bertz CT molecular complexity index is 3150. The van der Waals surface area contributed by atoms with E-state index in [4.69, 9.17) is 4.42 Å². The first kappa shape index (κ1) is 32.9. The lowest BCUT2D eigenvalue weighted by atomic mass is 9.83. The van der Waals surface area contributed by atoms with Crippen molar-refractivity contribution in [2.45, 2.75) is 0 Å². The van der Waals surface area contributed by atoms with Gasteiger partial charge in [0.1, 0.15) is 11.2 Å². The van der Waals surface area contributed by atoms with Crippen molar-refractivity contribution in [2.24, 2.45) is 0 Å². The summed E-state index contributed by atoms with van der Waals surface area (Å²) in [6.07, 6.45) is 0. The topological polar surface area (TPSA) is 13.1 Å². The maximum Gasteiger partial charge on any atom is 0.136 e. The average molecular weight is 725 g/mol. The van der Waals surface area contributed by atoms with Crippen LogP contribution in [-0.4, -0.2) is 0 Å². The standard InChI is InChI=1S/C56H36O/c1-5-14-37(15-6-1)41-22-13-23-42(32-41)45-24-28-47-50-35-46(27-31-53(50)57-54(47)36-45)56-51-33-43(38-16-7-2-8-17-38)25-29-48(51)55(40-20-11-4-12-21-40)49-30-26-44(34-52(49)56)39-18-9-3-10-19-39/h1-36H. The average Bonchev–Trinajstić information content (AvgIpc) is 3.66. The van der Waals surface area contributed by atoms with Gasteiger partial charge in [-0.2, -0.15) is 0 Å². The SMILES string of the molecule is c1ccc(-c2cccc(-c3ccc4c(c3)oc3ccc(-c5c6cc(-c7ccccc7)ccc6c(-c6ccccc6)c6ccc(-c7ccccc7)cc56)cc34)c2)cc1. The van der Waals surface area contributed by atoms with Crippen LogP contribution in [0.25, 0.3) is 110 Å². The predicted octanol–water partition coefficient (Wildman–Crippen LogP) is 15.9. The highest BCUT2D eigenvalue weighted by atomic mass is 16.3. The summed E-state index contributed by atoms with van der Waals surface area (Å²) in [5, 5.41) is 7.13. The summed E-state index contributed by atoms with van der Waals surface area (Å²) in [7, 11) is 0. The maximum absolute atomic E-state index is 6.63. The number of rotatable bonds is 6. The van der Waals surface area contributed by atoms with Crippen LogP contribution in [0, 0.1) is 0 Å². The molecular weight excluding hydrogens is 689 g/mol. The van der Waals surface area contributed by atoms with Gasteiger partial charge >= 0.3 is 0 Å². The molecule has 1 nitrogen and oxygen atoms in total. The van der Waals surface area contributed by atoms with Gasteiger partial charge in [0.2, 0.25) is 0 Å². The third-order valence-electron chi connectivity index (χ3n) is 11.5. The van der Waals surface area contributed by atoms with E-state index in [1.54, 1.807) is 0 Å². The number of hydrogen-bond donors (Lipinski definition) is 0. The van der Waals surface area contributed by atoms with Crippen LogP contribution < -0.4 is 0 Å². The van der Waals surface area contributed by atoms with Gasteiger partial charge in [-0.3, -0.25) is 0 Å². The lowest BCUT2D eigenvalue weighted by Gasteiger charge is -2.20. The zero-order chi connectivity index (χ0) is 37.7. The Morgan fingerprint density at radius 2 is 0.579 bits per heavy atom. The fraction of sp³-hybridized carbons (Fsp3) is 0. The Labute approximate surface area is 331 Å². The summed E-state index contributed by atoms with van der Waals surface area (Å²) in [5.74, 6) is 0. The van der Waals surface area contributed by atoms with Crippen molar-refractivity contribution < 1.29 is 4.42 Å². The smallest absolute Gasteiger partial charge is 0.136 e. The second kappa shape index (κ2) is 13.7. The molecule has 0 aliphatic rings. The van der Waals surface area contributed by atoms with Gasteiger partial charge in [-0.15, -0.1) is 0 Å². The van der Waals surface area contributed by atoms with Crippen molar-refractivity contribution in [3.05, 3.63) is 218 Å². The third kappa shape index (κ3) is 5.80. The summed E-state index contributed by atoms with van der Waals surface area (Å²) in [6, 6.07) is 79.0. The molecule has 1 heterocycles. The Morgan fingerprint density at radius 1 is 0.193 bits per heavy atom. The molecule has 0 atom stereocenters. The van der Waals surface area contributed by atoms with E-state index < -0.39 is 0 Å². The molecule has 0 spiro atoms. The van der Waals surface area contributed by atoms with Crippen LogP contribution in [0.4, 0.5) is 0 Å². The summed E-state index contributed by atoms with van der Waals surface area (Å²) in [6.45, 7) is 0. The van der Waals surface area contributed by atoms with Crippen LogP contribution in [0.1, 0.15) is 0 Å². The van der Waals surface area contributed by atoms with Gasteiger partial charge in [0, 0.05) is 10.8 Å². The summed E-state index contributed by atoms with van der Waals surface area (Å²) >= 11 is 0. The molecule has 11 aromatic rings. The monoisotopic (exact) mass is 724 g/mol. The van der Waals surface area contributed by atoms with Gasteiger partial charge in [-0.1, -0.05) is 176 Å². The first-order chi connectivity index (χ1) is 28.2. The Kier molecular flexibility index (Phi) is 7.89. The molecule has 0 unspecified atom stereocenters. The van der Waals surface area contributed by atoms with Crippen molar-refractivity contribution in [1.82, 2.24) is 0 Å². The molecule has 0 saturated heterocycles. The van der Waals surface area contributed by atoms with E-state index in [2.05, 4.69) is 218 Å². The molecule has 1 heteroatoms. The Hall–Kier alpha value is -7.48. The molecule has 0 N–H and O–H groups in total. The van der Waals surface area contributed by atoms with E-state index in [0.29, 0.717) is 0 Å². The normalized spacial score (nSPS) is 11.5. The van der Waals surface area contributed by atoms with Crippen LogP contribution in [-0.2, 0) is 0 Å². The quantitative estimate of drug-likeness (QED) is 0.156. The maximum atomic E-state index is 6.63. The first-order valence-corrected chi connectivity index (χ1v) is 19.6. The molecule has 266 valence electrons. The molecule has 0 amide bonds. The van der Waals surface area contributed by atoms with Crippen molar-refractivity contribution in [3.8, 4) is 66.8 Å². The van der Waals surface area contributed by atoms with Gasteiger partial charge in [0.05, 0.1) is 0 Å². The van der Waals surface area contributed by atoms with Crippen molar-refractivity contribution in [2.75, 3.05) is 0 Å². The van der Waals surface area contributed by atoms with Gasteiger partial charge in [0.15, 0.2) is 0 Å². The second-order valence-electron chi connectivity index (χ2n) is 14.8. The van der Waals surface area contributed by atoms with Gasteiger partial charge < -0.3 is 4.42 Å². The fourth-order valence-electron chi connectivity index (χ4n) is 8.70. The number of benzene rings is 10. The van der Waals surface area contributed by atoms with Crippen molar-refractivity contribution >= 4 is 43.5 Å². The van der Waals surface area contributed by atoms with E-state index in [0.717, 1.165) is 33.1 Å². The highest BCUT2D eigenvalue weighted by Crippen LogP contribution is 2.47. The van der Waals surface area contributed by atoms with Crippen LogP contribution in [0.5, 0.6) is 0 Å². The van der Waals surface area contributed by atoms with E-state index in [9.17, 15) is 0 Å². The largest absolute Gasteiger partial charge is 0.456 e. The Balaban J connectivity index is 1.15. The van der Waals surface area contributed by atoms with E-state index in [1.165, 1.54) is 77.2 Å². The molecule has 1 aromatic heterocycles. The zero-order valence-electron chi connectivity index (χ0n) is 31.2. The minimum Gasteiger partial charge on any atom is -0.456 e. The van der Waals surface area contributed by atoms with Crippen LogP contribution in [0.2, 0.25) is 0 Å². The van der Waals surface area contributed by atoms with E-state index >= 15 is 0 Å². The summed E-state index contributed by atoms with van der Waals surface area (Å²) in [4.78, 5) is 0. The molecule has 0 radical (unpaired) electrons. The van der Waals surface area contributed by atoms with Gasteiger partial charge in [0.25, 0.3) is 0 Å². The molecule has 57 heavy (non-hydrogen) atoms. The Morgan fingerprint density at radius 3 is 1.12 bits per heavy atom. The second-order valence-corrected chi connectivity index (χ2v) is 14.8. The molecule has 0 bridgehead atoms. The number of furan rings is 1. The van der Waals surface area contributed by atoms with Gasteiger partial charge in [-0.05, 0) is 131 Å². The molecule has 0 fully saturated rings.